The van der Waals surface area contributed by atoms with Gasteiger partial charge in [0.15, 0.2) is 9.34 Å². The molecule has 12 nitrogen and oxygen atoms in total. The van der Waals surface area contributed by atoms with Gasteiger partial charge in [-0.3, -0.25) is 15.1 Å². The lowest BCUT2D eigenvalue weighted by Gasteiger charge is -2.35. The molecule has 1 atom stereocenters. The van der Waals surface area contributed by atoms with Crippen LogP contribution in [0.3, 0.4) is 0 Å². The molecule has 0 radical (unpaired) electrons. The Balaban J connectivity index is 1.07. The Kier molecular flexibility index (Phi) is 9.80. The Morgan fingerprint density at radius 2 is 1.74 bits per heavy atom. The van der Waals surface area contributed by atoms with Crippen molar-refractivity contribution >= 4 is 49.3 Å². The van der Waals surface area contributed by atoms with E-state index in [9.17, 15) is 13.2 Å². The van der Waals surface area contributed by atoms with Crippen LogP contribution in [0.25, 0.3) is 22.0 Å². The van der Waals surface area contributed by atoms with Gasteiger partial charge < -0.3 is 10.1 Å². The first kappa shape index (κ1) is 32.3. The number of rotatable bonds is 10. The molecule has 4 aromatic rings. The average molecular weight is 665 g/mol. The summed E-state index contributed by atoms with van der Waals surface area (Å²) in [5, 5.41) is 7.18. The predicted octanol–water partition coefficient (Wildman–Crippen LogP) is 4.64. The summed E-state index contributed by atoms with van der Waals surface area (Å²) in [6, 6.07) is 15.1. The Hall–Kier alpha value is -3.69. The molecule has 1 amide bonds. The Bertz CT molecular complexity index is 1780. The van der Waals surface area contributed by atoms with E-state index in [1.54, 1.807) is 13.3 Å². The molecule has 1 unspecified atom stereocenters. The molecule has 4 heterocycles. The summed E-state index contributed by atoms with van der Waals surface area (Å²) in [5.74, 6) is 0.781. The fraction of sp³-hybridized carbons (Fsp3) is 0.438. The Morgan fingerprint density at radius 3 is 2.46 bits per heavy atom. The molecule has 6 rings (SSSR count). The van der Waals surface area contributed by atoms with Crippen LogP contribution < -0.4 is 10.6 Å². The summed E-state index contributed by atoms with van der Waals surface area (Å²) in [7, 11) is -2.50. The lowest BCUT2D eigenvalue weighted by atomic mass is 10.0. The molecule has 2 aliphatic rings. The van der Waals surface area contributed by atoms with Gasteiger partial charge in [-0.1, -0.05) is 47.7 Å². The van der Waals surface area contributed by atoms with Gasteiger partial charge in [0, 0.05) is 56.3 Å². The van der Waals surface area contributed by atoms with Gasteiger partial charge in [0.05, 0.1) is 18.3 Å². The minimum absolute atomic E-state index is 0.0606. The number of sulfonamides is 1. The van der Waals surface area contributed by atoms with Crippen LogP contribution in [0.1, 0.15) is 31.0 Å². The first-order valence-electron chi connectivity index (χ1n) is 15.6. The smallest absolute Gasteiger partial charge is 0.413 e. The maximum absolute atomic E-state index is 13.4. The fourth-order valence-corrected chi connectivity index (χ4v) is 9.13. The van der Waals surface area contributed by atoms with Crippen molar-refractivity contribution < 1.29 is 17.9 Å². The fourth-order valence-electron chi connectivity index (χ4n) is 6.17. The monoisotopic (exact) mass is 664 g/mol. The van der Waals surface area contributed by atoms with Crippen LogP contribution in [0.4, 0.5) is 15.7 Å². The van der Waals surface area contributed by atoms with Gasteiger partial charge >= 0.3 is 6.09 Å². The van der Waals surface area contributed by atoms with Gasteiger partial charge in [-0.05, 0) is 57.0 Å². The number of anilines is 2. The highest BCUT2D eigenvalue weighted by Gasteiger charge is 2.32. The number of nitrogens with zero attached hydrogens (tertiary/aromatic N) is 6. The van der Waals surface area contributed by atoms with Gasteiger partial charge in [-0.15, -0.1) is 0 Å². The molecular weight excluding hydrogens is 625 g/mol. The number of carbonyl (C=O) groups excluding carboxylic acids is 1. The number of aromatic nitrogens is 3. The van der Waals surface area contributed by atoms with Crippen molar-refractivity contribution in [2.24, 2.45) is 0 Å². The van der Waals surface area contributed by atoms with E-state index in [0.29, 0.717) is 31.9 Å². The molecule has 0 bridgehead atoms. The van der Waals surface area contributed by atoms with E-state index < -0.39 is 16.1 Å². The molecule has 14 heteroatoms. The number of methoxy groups -OCH3 is 1. The number of likely N-dealkylation sites (tertiary alicyclic amines) is 1. The van der Waals surface area contributed by atoms with Gasteiger partial charge in [-0.25, -0.2) is 28.2 Å². The van der Waals surface area contributed by atoms with Crippen LogP contribution >= 0.6 is 11.3 Å². The lowest BCUT2D eigenvalue weighted by Crippen LogP contribution is -2.50. The van der Waals surface area contributed by atoms with E-state index in [2.05, 4.69) is 77.4 Å². The number of carbonyl (C=O) groups is 1. The zero-order chi connectivity index (χ0) is 32.3. The standard InChI is InChI=1S/C32H40N8O4S2/c1-22(19-39-15-17-40(18-16-39)46(42,43)30-23(2)36-31(45-30)37-32(41)44-3)35-29-27-8-6-7-26(28(27)33-21-34-29)25-11-9-24(10-12-25)20-38-13-4-5-14-38/h6-12,21-22H,4-5,13-20H2,1-3H3,(H,33,34,35)(H,36,37,41). The summed E-state index contributed by atoms with van der Waals surface area (Å²) in [5.41, 5.74) is 4.79. The van der Waals surface area contributed by atoms with Crippen LogP contribution in [-0.2, 0) is 21.3 Å². The molecule has 2 aliphatic heterocycles. The number of ether oxygens (including phenoxy) is 1. The molecule has 2 aromatic heterocycles. The Labute approximate surface area is 273 Å². The van der Waals surface area contributed by atoms with Crippen molar-refractivity contribution in [1.29, 1.82) is 0 Å². The lowest BCUT2D eigenvalue weighted by molar-refractivity contribution is 0.184. The largest absolute Gasteiger partial charge is 0.453 e. The number of hydrogen-bond acceptors (Lipinski definition) is 11. The second kappa shape index (κ2) is 14.0. The molecule has 244 valence electrons. The number of piperazine rings is 1. The molecule has 2 fully saturated rings. The first-order chi connectivity index (χ1) is 22.2. The van der Waals surface area contributed by atoms with Crippen LogP contribution in [0.5, 0.6) is 0 Å². The highest BCUT2D eigenvalue weighted by atomic mass is 32.2. The molecule has 46 heavy (non-hydrogen) atoms. The van der Waals surface area contributed by atoms with E-state index in [1.807, 2.05) is 12.1 Å². The normalized spacial score (nSPS) is 17.3. The second-order valence-electron chi connectivity index (χ2n) is 11.9. The summed E-state index contributed by atoms with van der Waals surface area (Å²) in [6.07, 6.45) is 3.50. The summed E-state index contributed by atoms with van der Waals surface area (Å²) < 4.78 is 33.0. The average Bonchev–Trinajstić information content (AvgIpc) is 3.71. The Morgan fingerprint density at radius 1 is 1.00 bits per heavy atom. The third-order valence-electron chi connectivity index (χ3n) is 8.50. The number of hydrogen-bond donors (Lipinski definition) is 2. The molecule has 0 spiro atoms. The van der Waals surface area contributed by atoms with Gasteiger partial charge in [-0.2, -0.15) is 4.31 Å². The van der Waals surface area contributed by atoms with E-state index in [4.69, 9.17) is 0 Å². The molecule has 2 N–H and O–H groups in total. The topological polar surface area (TPSA) is 133 Å². The maximum atomic E-state index is 13.4. The minimum Gasteiger partial charge on any atom is -0.453 e. The molecule has 2 saturated heterocycles. The number of nitrogens with one attached hydrogen (secondary N) is 2. The highest BCUT2D eigenvalue weighted by molar-refractivity contribution is 7.91. The second-order valence-corrected chi connectivity index (χ2v) is 15.0. The highest BCUT2D eigenvalue weighted by Crippen LogP contribution is 2.32. The summed E-state index contributed by atoms with van der Waals surface area (Å²) in [4.78, 5) is 29.7. The van der Waals surface area contributed by atoms with Crippen LogP contribution in [0.2, 0.25) is 0 Å². The number of amides is 1. The van der Waals surface area contributed by atoms with E-state index in [1.165, 1.54) is 42.9 Å². The van der Waals surface area contributed by atoms with Crippen molar-refractivity contribution in [3.8, 4) is 11.1 Å². The number of fused-ring (bicyclic) bond motifs is 1. The zero-order valence-electron chi connectivity index (χ0n) is 26.4. The quantitative estimate of drug-likeness (QED) is 0.247. The minimum atomic E-state index is -3.74. The van der Waals surface area contributed by atoms with Crippen LogP contribution in [-0.4, -0.2) is 103 Å². The van der Waals surface area contributed by atoms with E-state index in [0.717, 1.165) is 52.3 Å². The van der Waals surface area contributed by atoms with Gasteiger partial charge in [0.2, 0.25) is 0 Å². The van der Waals surface area contributed by atoms with Crippen molar-refractivity contribution in [1.82, 2.24) is 29.1 Å². The third-order valence-corrected chi connectivity index (χ3v) is 12.1. The van der Waals surface area contributed by atoms with Gasteiger partial charge in [0.1, 0.15) is 12.1 Å². The van der Waals surface area contributed by atoms with Crippen LogP contribution in [0, 0.1) is 6.92 Å². The summed E-state index contributed by atoms with van der Waals surface area (Å²) in [6.45, 7) is 9.74. The number of para-hydroxylation sites is 1. The van der Waals surface area contributed by atoms with Crippen molar-refractivity contribution in [2.45, 2.75) is 43.5 Å². The van der Waals surface area contributed by atoms with Crippen molar-refractivity contribution in [2.75, 3.05) is 63.6 Å². The zero-order valence-corrected chi connectivity index (χ0v) is 28.0. The first-order valence-corrected chi connectivity index (χ1v) is 17.8. The predicted molar refractivity (Wildman–Crippen MR) is 181 cm³/mol. The van der Waals surface area contributed by atoms with Gasteiger partial charge in [0.25, 0.3) is 10.0 Å². The molecule has 0 aliphatic carbocycles. The molecule has 0 saturated carbocycles. The van der Waals surface area contributed by atoms with Crippen molar-refractivity contribution in [3.63, 3.8) is 0 Å². The molecular formula is C32H40N8O4S2. The maximum Gasteiger partial charge on any atom is 0.413 e. The number of benzene rings is 2. The molecule has 2 aromatic carbocycles. The summed E-state index contributed by atoms with van der Waals surface area (Å²) >= 11 is 0.933. The van der Waals surface area contributed by atoms with Crippen LogP contribution in [0.15, 0.2) is 53.0 Å². The van der Waals surface area contributed by atoms with E-state index in [-0.39, 0.29) is 15.4 Å². The van der Waals surface area contributed by atoms with Crippen molar-refractivity contribution in [3.05, 3.63) is 60.0 Å². The number of thiazole rings is 1. The number of aryl methyl sites for hydroxylation is 1. The SMILES string of the molecule is COC(=O)Nc1nc(C)c(S(=O)(=O)N2CCN(CC(C)Nc3ncnc4c(-c5ccc(CN6CCCC6)cc5)cccc34)CC2)s1. The van der Waals surface area contributed by atoms with E-state index >= 15 is 0 Å². The third kappa shape index (κ3) is 7.15.